The number of rotatable bonds is 6. The molecule has 0 spiro atoms. The summed E-state index contributed by atoms with van der Waals surface area (Å²) in [7, 11) is 3.35. The maximum Gasteiger partial charge on any atom is 0.341 e. The number of nitrogens with two attached hydrogens (primary N) is 1. The summed E-state index contributed by atoms with van der Waals surface area (Å²) in [5.74, 6) is -0.451. The fourth-order valence-corrected chi connectivity index (χ4v) is 3.92. The number of aryl methyl sites for hydroxylation is 1. The van der Waals surface area contributed by atoms with Crippen molar-refractivity contribution in [3.8, 4) is 0 Å². The summed E-state index contributed by atoms with van der Waals surface area (Å²) in [6.07, 6.45) is 1.58. The number of hydrogen-bond acceptors (Lipinski definition) is 8. The predicted molar refractivity (Wildman–Crippen MR) is 88.6 cm³/mol. The SMILES string of the molecule is CCOC(=O)c1c(N)sc(C(=O)NC)c1CSc1nncn1C. The summed E-state index contributed by atoms with van der Waals surface area (Å²) >= 11 is 2.44. The van der Waals surface area contributed by atoms with Crippen molar-refractivity contribution >= 4 is 40.0 Å². The number of anilines is 1. The molecule has 2 aromatic heterocycles. The highest BCUT2D eigenvalue weighted by Crippen LogP contribution is 2.35. The molecule has 1 amide bonds. The summed E-state index contributed by atoms with van der Waals surface area (Å²) in [4.78, 5) is 24.6. The van der Waals surface area contributed by atoms with Crippen LogP contribution in [0.2, 0.25) is 0 Å². The molecule has 8 nitrogen and oxygen atoms in total. The number of aromatic nitrogens is 3. The van der Waals surface area contributed by atoms with E-state index in [2.05, 4.69) is 15.5 Å². The molecule has 0 unspecified atom stereocenters. The maximum atomic E-state index is 12.2. The van der Waals surface area contributed by atoms with Gasteiger partial charge in [0.05, 0.1) is 17.0 Å². The fraction of sp³-hybridized carbons (Fsp3) is 0.385. The molecule has 0 aliphatic carbocycles. The van der Waals surface area contributed by atoms with Crippen LogP contribution in [0, 0.1) is 0 Å². The van der Waals surface area contributed by atoms with Gasteiger partial charge in [-0.25, -0.2) is 4.79 Å². The van der Waals surface area contributed by atoms with Gasteiger partial charge in [-0.2, -0.15) is 0 Å². The number of esters is 1. The summed E-state index contributed by atoms with van der Waals surface area (Å²) in [6.45, 7) is 1.95. The second-order valence-corrected chi connectivity index (χ2v) is 6.46. The fourth-order valence-electron chi connectivity index (χ4n) is 1.89. The molecule has 0 aliphatic rings. The van der Waals surface area contributed by atoms with Gasteiger partial charge in [0.1, 0.15) is 11.3 Å². The van der Waals surface area contributed by atoms with Crippen molar-refractivity contribution in [1.29, 1.82) is 0 Å². The van der Waals surface area contributed by atoms with Crippen LogP contribution in [-0.2, 0) is 17.5 Å². The second kappa shape index (κ2) is 7.47. The average molecular weight is 355 g/mol. The van der Waals surface area contributed by atoms with Crippen molar-refractivity contribution in [1.82, 2.24) is 20.1 Å². The van der Waals surface area contributed by atoms with E-state index in [0.717, 1.165) is 11.3 Å². The third-order valence-corrected chi connectivity index (χ3v) is 5.08. The van der Waals surface area contributed by atoms with Gasteiger partial charge in [0.25, 0.3) is 5.91 Å². The van der Waals surface area contributed by atoms with Crippen molar-refractivity contribution in [3.63, 3.8) is 0 Å². The van der Waals surface area contributed by atoms with E-state index >= 15 is 0 Å². The Morgan fingerprint density at radius 1 is 1.52 bits per heavy atom. The van der Waals surface area contributed by atoms with Gasteiger partial charge in [-0.3, -0.25) is 4.79 Å². The number of amides is 1. The van der Waals surface area contributed by atoms with Crippen LogP contribution in [0.15, 0.2) is 11.5 Å². The minimum atomic E-state index is -0.523. The minimum absolute atomic E-state index is 0.235. The Kier molecular flexibility index (Phi) is 5.61. The smallest absolute Gasteiger partial charge is 0.341 e. The highest BCUT2D eigenvalue weighted by Gasteiger charge is 2.26. The van der Waals surface area contributed by atoms with E-state index in [0.29, 0.717) is 21.3 Å². The Bertz CT molecular complexity index is 725. The number of thiophene rings is 1. The van der Waals surface area contributed by atoms with Crippen molar-refractivity contribution in [2.45, 2.75) is 17.8 Å². The molecule has 2 aromatic rings. The van der Waals surface area contributed by atoms with Gasteiger partial charge in [-0.1, -0.05) is 11.8 Å². The molecule has 0 atom stereocenters. The number of thioether (sulfide) groups is 1. The van der Waals surface area contributed by atoms with E-state index in [-0.39, 0.29) is 23.1 Å². The topological polar surface area (TPSA) is 112 Å². The van der Waals surface area contributed by atoms with Gasteiger partial charge in [-0.15, -0.1) is 21.5 Å². The van der Waals surface area contributed by atoms with Gasteiger partial charge < -0.3 is 20.4 Å². The maximum absolute atomic E-state index is 12.2. The molecule has 0 bridgehead atoms. The Labute approximate surface area is 141 Å². The molecule has 124 valence electrons. The van der Waals surface area contributed by atoms with E-state index in [4.69, 9.17) is 10.5 Å². The van der Waals surface area contributed by atoms with Crippen molar-refractivity contribution in [2.75, 3.05) is 19.4 Å². The van der Waals surface area contributed by atoms with Gasteiger partial charge in [0, 0.05) is 25.4 Å². The molecule has 0 saturated heterocycles. The van der Waals surface area contributed by atoms with E-state index in [9.17, 15) is 9.59 Å². The third kappa shape index (κ3) is 3.64. The first-order valence-corrected chi connectivity index (χ1v) is 8.56. The first kappa shape index (κ1) is 17.3. The first-order valence-electron chi connectivity index (χ1n) is 6.76. The molecule has 23 heavy (non-hydrogen) atoms. The van der Waals surface area contributed by atoms with Crippen LogP contribution in [0.1, 0.15) is 32.5 Å². The molecule has 0 saturated carbocycles. The number of nitrogen functional groups attached to an aromatic ring is 1. The van der Waals surface area contributed by atoms with Crippen LogP contribution in [0.4, 0.5) is 5.00 Å². The molecule has 2 heterocycles. The van der Waals surface area contributed by atoms with Crippen LogP contribution in [0.25, 0.3) is 0 Å². The molecular formula is C13H17N5O3S2. The Balaban J connectivity index is 2.38. The number of nitrogens with zero attached hydrogens (tertiary/aromatic N) is 3. The number of hydrogen-bond donors (Lipinski definition) is 2. The lowest BCUT2D eigenvalue weighted by molar-refractivity contribution is 0.0527. The second-order valence-electron chi connectivity index (χ2n) is 4.46. The van der Waals surface area contributed by atoms with E-state index in [1.165, 1.54) is 18.8 Å². The Morgan fingerprint density at radius 2 is 2.26 bits per heavy atom. The van der Waals surface area contributed by atoms with Crippen LogP contribution in [0.5, 0.6) is 0 Å². The monoisotopic (exact) mass is 355 g/mol. The van der Waals surface area contributed by atoms with Gasteiger partial charge in [-0.05, 0) is 6.92 Å². The largest absolute Gasteiger partial charge is 0.462 e. The standard InChI is InChI=1S/C13H17N5O3S2/c1-4-21-12(20)8-7(5-22-13-17-16-6-18(13)3)9(11(19)15-2)23-10(8)14/h6H,4-5,14H2,1-3H3,(H,15,19). The van der Waals surface area contributed by atoms with Gasteiger partial charge in [0.15, 0.2) is 5.16 Å². The van der Waals surface area contributed by atoms with E-state index in [1.54, 1.807) is 17.8 Å². The van der Waals surface area contributed by atoms with Gasteiger partial charge in [0.2, 0.25) is 0 Å². The Morgan fingerprint density at radius 3 is 2.83 bits per heavy atom. The minimum Gasteiger partial charge on any atom is -0.462 e. The van der Waals surface area contributed by atoms with Crippen molar-refractivity contribution < 1.29 is 14.3 Å². The number of carbonyl (C=O) groups is 2. The lowest BCUT2D eigenvalue weighted by Crippen LogP contribution is -2.18. The zero-order chi connectivity index (χ0) is 17.0. The first-order chi connectivity index (χ1) is 11.0. The van der Waals surface area contributed by atoms with Gasteiger partial charge >= 0.3 is 5.97 Å². The van der Waals surface area contributed by atoms with Crippen molar-refractivity contribution in [2.24, 2.45) is 7.05 Å². The van der Waals surface area contributed by atoms with Crippen molar-refractivity contribution in [3.05, 3.63) is 22.3 Å². The predicted octanol–water partition coefficient (Wildman–Crippen LogP) is 1.29. The lowest BCUT2D eigenvalue weighted by Gasteiger charge is -2.07. The number of ether oxygens (including phenoxy) is 1. The van der Waals surface area contributed by atoms with Crippen LogP contribution in [-0.4, -0.2) is 40.3 Å². The van der Waals surface area contributed by atoms with E-state index < -0.39 is 5.97 Å². The summed E-state index contributed by atoms with van der Waals surface area (Å²) in [5.41, 5.74) is 6.75. The quantitative estimate of drug-likeness (QED) is 0.593. The molecule has 0 fully saturated rings. The molecule has 2 rings (SSSR count). The van der Waals surface area contributed by atoms with Crippen LogP contribution in [0.3, 0.4) is 0 Å². The highest BCUT2D eigenvalue weighted by molar-refractivity contribution is 7.98. The normalized spacial score (nSPS) is 10.6. The average Bonchev–Trinajstić information content (AvgIpc) is 3.07. The zero-order valence-electron chi connectivity index (χ0n) is 13.0. The molecule has 3 N–H and O–H groups in total. The summed E-state index contributed by atoms with van der Waals surface area (Å²) in [6, 6.07) is 0. The van der Waals surface area contributed by atoms with Crippen LogP contribution < -0.4 is 11.1 Å². The molecular weight excluding hydrogens is 338 g/mol. The van der Waals surface area contributed by atoms with Crippen LogP contribution >= 0.6 is 23.1 Å². The van der Waals surface area contributed by atoms with E-state index in [1.807, 2.05) is 7.05 Å². The molecule has 0 aliphatic heterocycles. The molecule has 0 aromatic carbocycles. The highest BCUT2D eigenvalue weighted by atomic mass is 32.2. The Hall–Kier alpha value is -2.07. The summed E-state index contributed by atoms with van der Waals surface area (Å²) in [5, 5.41) is 11.3. The number of carbonyl (C=O) groups excluding carboxylic acids is 2. The molecule has 0 radical (unpaired) electrons. The third-order valence-electron chi connectivity index (χ3n) is 2.96. The zero-order valence-corrected chi connectivity index (χ0v) is 14.6. The summed E-state index contributed by atoms with van der Waals surface area (Å²) < 4.78 is 6.80. The molecule has 10 heteroatoms. The number of nitrogens with one attached hydrogen (secondary N) is 1. The lowest BCUT2D eigenvalue weighted by atomic mass is 10.1.